The number of phenolic OH excluding ortho intramolecular Hbond substituents is 2. The molecule has 370 valence electrons. The number of nitrogens with one attached hydrogen (secondary N) is 2. The number of piperidine rings is 1. The van der Waals surface area contributed by atoms with E-state index in [0.717, 1.165) is 74.9 Å². The molecule has 4 aliphatic heterocycles. The zero-order valence-corrected chi connectivity index (χ0v) is 39.9. The van der Waals surface area contributed by atoms with Crippen LogP contribution in [0.3, 0.4) is 0 Å². The average Bonchev–Trinajstić information content (AvgIpc) is 4.18. The van der Waals surface area contributed by atoms with Crippen molar-refractivity contribution in [1.82, 2.24) is 40.0 Å². The number of likely N-dealkylation sites (tertiary alicyclic amines) is 1. The summed E-state index contributed by atoms with van der Waals surface area (Å²) < 4.78 is 18.3. The molecule has 8 N–H and O–H groups in total. The first-order valence-electron chi connectivity index (χ1n) is 23.5. The van der Waals surface area contributed by atoms with Crippen molar-refractivity contribution in [3.63, 3.8) is 0 Å². The summed E-state index contributed by atoms with van der Waals surface area (Å²) in [5.74, 6) is 5.78. The molecule has 1 fully saturated rings. The van der Waals surface area contributed by atoms with Crippen LogP contribution >= 0.6 is 0 Å². The Hall–Kier alpha value is -8.85. The first-order valence-corrected chi connectivity index (χ1v) is 23.5. The van der Waals surface area contributed by atoms with Gasteiger partial charge in [0.15, 0.2) is 11.7 Å². The summed E-state index contributed by atoms with van der Waals surface area (Å²) in [6.07, 6.45) is 3.53. The van der Waals surface area contributed by atoms with Crippen LogP contribution in [0, 0.1) is 5.41 Å². The fourth-order valence-electron chi connectivity index (χ4n) is 8.14. The Morgan fingerprint density at radius 2 is 1.25 bits per heavy atom. The third-order valence-electron chi connectivity index (χ3n) is 11.7. The van der Waals surface area contributed by atoms with Crippen LogP contribution in [0.2, 0.25) is 0 Å². The van der Waals surface area contributed by atoms with E-state index in [1.165, 1.54) is 42.8 Å². The normalized spacial score (nSPS) is 15.7. The van der Waals surface area contributed by atoms with Crippen molar-refractivity contribution < 1.29 is 29.3 Å². The molecule has 6 aromatic rings. The largest absolute Gasteiger partial charge is 0.508 e. The van der Waals surface area contributed by atoms with Gasteiger partial charge in [0, 0.05) is 56.5 Å². The number of benzene rings is 4. The second kappa shape index (κ2) is 22.3. The Bertz CT molecular complexity index is 3050. The minimum Gasteiger partial charge on any atom is -0.508 e. The van der Waals surface area contributed by atoms with Gasteiger partial charge >= 0.3 is 0 Å². The lowest BCUT2D eigenvalue weighted by Crippen LogP contribution is -2.29. The van der Waals surface area contributed by atoms with Crippen LogP contribution in [0.1, 0.15) is 53.2 Å². The molecule has 2 aromatic heterocycles. The molecule has 0 bridgehead atoms. The van der Waals surface area contributed by atoms with Crippen LogP contribution in [0.4, 0.5) is 0 Å². The zero-order chi connectivity index (χ0) is 50.0. The molecular formula is C51H55N15O6. The molecule has 0 amide bonds. The van der Waals surface area contributed by atoms with Crippen molar-refractivity contribution in [1.29, 1.82) is 5.41 Å². The van der Waals surface area contributed by atoms with Gasteiger partial charge in [-0.1, -0.05) is 35.8 Å². The van der Waals surface area contributed by atoms with Crippen LogP contribution in [-0.2, 0) is 6.54 Å². The van der Waals surface area contributed by atoms with Crippen LogP contribution in [0.25, 0.3) is 0 Å². The summed E-state index contributed by atoms with van der Waals surface area (Å²) in [6, 6.07) is 29.2. The standard InChI is InChI=1S/C27H31N7O3.C24H24N8O3/c1-33-13-10-30-27(33)18-6-5-7-20(14-18)36-24-16-25(32-23(31-24)17-34-11-3-2-4-12-34)37-22-15-19(35)8-9-21(22)26(28)29;1-32-12-11-28-24(32)16-3-2-4-18(13-16)34-19-14-20(30-23(29-19)22-26-9-10-27-22)35-31-21(25)15-5-7-17(33)8-6-15/h5-9,14-16,35H,2-4,10-13,17H2,1H3,(H3,28,29);2-8,13-14,33H,9-12H2,1H3,(H2,25,31)(H,26,27). The number of ether oxygens (including phenoxy) is 3. The molecule has 72 heavy (non-hydrogen) atoms. The quantitative estimate of drug-likeness (QED) is 0.0424. The molecule has 21 nitrogen and oxygen atoms in total. The van der Waals surface area contributed by atoms with E-state index in [4.69, 9.17) is 35.9 Å². The van der Waals surface area contributed by atoms with Crippen molar-refractivity contribution in [3.8, 4) is 52.3 Å². The lowest BCUT2D eigenvalue weighted by atomic mass is 10.1. The monoisotopic (exact) mass is 973 g/mol. The number of phenols is 2. The lowest BCUT2D eigenvalue weighted by Gasteiger charge is -2.25. The van der Waals surface area contributed by atoms with Crippen LogP contribution < -0.4 is 35.8 Å². The third kappa shape index (κ3) is 12.3. The van der Waals surface area contributed by atoms with Crippen molar-refractivity contribution in [2.75, 3.05) is 66.5 Å². The Morgan fingerprint density at radius 3 is 1.85 bits per heavy atom. The number of oxime groups is 1. The second-order valence-corrected chi connectivity index (χ2v) is 17.1. The summed E-state index contributed by atoms with van der Waals surface area (Å²) in [5, 5.41) is 34.4. The molecule has 0 atom stereocenters. The summed E-state index contributed by atoms with van der Waals surface area (Å²) in [5.41, 5.74) is 14.6. The minimum absolute atomic E-state index is 0.00400. The van der Waals surface area contributed by atoms with E-state index >= 15 is 0 Å². The van der Waals surface area contributed by atoms with E-state index in [-0.39, 0.29) is 46.6 Å². The highest BCUT2D eigenvalue weighted by molar-refractivity contribution is 6.01. The molecule has 21 heteroatoms. The van der Waals surface area contributed by atoms with Gasteiger partial charge in [-0.25, -0.2) is 0 Å². The van der Waals surface area contributed by atoms with Crippen LogP contribution in [-0.4, -0.2) is 140 Å². The molecule has 0 aliphatic carbocycles. The van der Waals surface area contributed by atoms with Gasteiger partial charge in [0.05, 0.1) is 43.9 Å². The molecule has 1 saturated heterocycles. The van der Waals surface area contributed by atoms with E-state index in [0.29, 0.717) is 65.6 Å². The first kappa shape index (κ1) is 48.2. The van der Waals surface area contributed by atoms with Gasteiger partial charge in [0.2, 0.25) is 23.5 Å². The van der Waals surface area contributed by atoms with E-state index in [1.807, 2.05) is 62.6 Å². The van der Waals surface area contributed by atoms with E-state index < -0.39 is 0 Å². The number of aromatic nitrogens is 4. The van der Waals surface area contributed by atoms with Crippen molar-refractivity contribution in [3.05, 3.63) is 137 Å². The molecule has 0 spiro atoms. The predicted octanol–water partition coefficient (Wildman–Crippen LogP) is 5.44. The molecule has 4 aliphatic rings. The Labute approximate surface area is 415 Å². The number of hydrogen-bond donors (Lipinski definition) is 6. The van der Waals surface area contributed by atoms with Gasteiger partial charge in [-0.2, -0.15) is 19.9 Å². The molecular weight excluding hydrogens is 919 g/mol. The maximum absolute atomic E-state index is 9.98. The third-order valence-corrected chi connectivity index (χ3v) is 11.7. The molecule has 0 unspecified atom stereocenters. The van der Waals surface area contributed by atoms with E-state index in [9.17, 15) is 10.2 Å². The van der Waals surface area contributed by atoms with E-state index in [1.54, 1.807) is 18.2 Å². The molecule has 0 radical (unpaired) electrons. The molecule has 4 aromatic carbocycles. The number of aromatic hydroxyl groups is 2. The van der Waals surface area contributed by atoms with Crippen molar-refractivity contribution in [2.45, 2.75) is 25.8 Å². The Morgan fingerprint density at radius 1 is 0.653 bits per heavy atom. The number of rotatable bonds is 15. The number of hydrogen-bond acceptors (Lipinski definition) is 19. The number of likely N-dealkylation sites (N-methyl/N-ethyl adjacent to an activating group) is 2. The number of nitrogen functional groups attached to an aromatic ring is 1. The highest BCUT2D eigenvalue weighted by Crippen LogP contribution is 2.32. The van der Waals surface area contributed by atoms with E-state index in [2.05, 4.69) is 60.1 Å². The topological polar surface area (TPSA) is 276 Å². The van der Waals surface area contributed by atoms with Gasteiger partial charge in [0.1, 0.15) is 52.1 Å². The van der Waals surface area contributed by atoms with Gasteiger partial charge in [-0.15, -0.1) is 0 Å². The number of nitrogens with zero attached hydrogens (tertiary/aromatic N) is 11. The smallest absolute Gasteiger partial charge is 0.256 e. The predicted molar refractivity (Wildman–Crippen MR) is 272 cm³/mol. The fourth-order valence-corrected chi connectivity index (χ4v) is 8.14. The van der Waals surface area contributed by atoms with Crippen LogP contribution in [0.5, 0.6) is 52.3 Å². The van der Waals surface area contributed by atoms with Gasteiger partial charge in [-0.05, 0) is 86.6 Å². The van der Waals surface area contributed by atoms with Gasteiger partial charge in [-0.3, -0.25) is 25.3 Å². The number of aliphatic imine (C=N–C) groups is 3. The highest BCUT2D eigenvalue weighted by atomic mass is 16.6. The molecule has 10 rings (SSSR count). The van der Waals surface area contributed by atoms with Crippen LogP contribution in [0.15, 0.2) is 123 Å². The van der Waals surface area contributed by atoms with Gasteiger partial charge < -0.3 is 55.8 Å². The maximum Gasteiger partial charge on any atom is 0.256 e. The second-order valence-electron chi connectivity index (χ2n) is 17.1. The summed E-state index contributed by atoms with van der Waals surface area (Å²) in [7, 11) is 4.04. The number of amidine groups is 5. The SMILES string of the molecule is CN1CCN=C1c1cccc(Oc2cc(ON=C(N)c3ccc(O)cc3)nc(C3=NCCN3)n2)c1.CN1CCN=C1c1cccc(Oc2cc(Oc3cc(O)ccc3C(=N)N)nc(CN3CCCCC3)n2)c1. The lowest BCUT2D eigenvalue weighted by molar-refractivity contribution is 0.214. The van der Waals surface area contributed by atoms with Gasteiger partial charge in [0.25, 0.3) is 5.88 Å². The first-order chi connectivity index (χ1) is 35.0. The number of nitrogens with two attached hydrogens (primary N) is 2. The summed E-state index contributed by atoms with van der Waals surface area (Å²) in [4.78, 5) is 43.8. The molecule has 6 heterocycles. The maximum atomic E-state index is 9.98. The highest BCUT2D eigenvalue weighted by Gasteiger charge is 2.21. The Balaban J connectivity index is 0.000000178. The fraction of sp³-hybridized carbons (Fsp3) is 0.275. The summed E-state index contributed by atoms with van der Waals surface area (Å²) >= 11 is 0. The zero-order valence-electron chi connectivity index (χ0n) is 39.9. The van der Waals surface area contributed by atoms with Crippen molar-refractivity contribution >= 4 is 29.2 Å². The Kier molecular flexibility index (Phi) is 14.9. The molecule has 0 saturated carbocycles. The average molecular weight is 974 g/mol. The minimum atomic E-state index is -0.175. The summed E-state index contributed by atoms with van der Waals surface area (Å²) in [6.45, 7) is 7.20. The van der Waals surface area contributed by atoms with Crippen molar-refractivity contribution in [2.24, 2.45) is 31.6 Å².